The maximum Gasteiger partial charge on any atom is 0.161 e. The molecule has 4 nitrogen and oxygen atoms in total. The van der Waals surface area contributed by atoms with Gasteiger partial charge in [-0.1, -0.05) is 17.8 Å². The summed E-state index contributed by atoms with van der Waals surface area (Å²) in [4.78, 5) is 1.64. The Bertz CT molecular complexity index is 660. The molecule has 0 radical (unpaired) electrons. The molecule has 3 rings (SSSR count). The monoisotopic (exact) mass is 300 g/mol. The van der Waals surface area contributed by atoms with Crippen LogP contribution in [0.3, 0.4) is 0 Å². The summed E-state index contributed by atoms with van der Waals surface area (Å²) in [5.41, 5.74) is 1.10. The molecule has 19 heavy (non-hydrogen) atoms. The molecule has 2 atom stereocenters. The van der Waals surface area contributed by atoms with E-state index in [2.05, 4.69) is 0 Å². The first-order valence-corrected chi connectivity index (χ1v) is 8.58. The maximum absolute atomic E-state index is 13.6. The number of benzene rings is 1. The third-order valence-electron chi connectivity index (χ3n) is 3.52. The standard InChI is InChI=1S/C12H13FN2O2S2/c1-7-2-3-8(4-9(7)13)15-10-5-19(16,17)6-11(10)18-12(15)14/h2-4,10-11,14H,5-6H2,1H3. The molecule has 102 valence electrons. The summed E-state index contributed by atoms with van der Waals surface area (Å²) in [5, 5.41) is 8.16. The molecule has 0 spiro atoms. The molecule has 1 aromatic carbocycles. The van der Waals surface area contributed by atoms with E-state index in [9.17, 15) is 12.8 Å². The first-order chi connectivity index (χ1) is 8.87. The van der Waals surface area contributed by atoms with Gasteiger partial charge in [0.25, 0.3) is 0 Å². The molecule has 2 aliphatic rings. The van der Waals surface area contributed by atoms with Crippen LogP contribution in [0.15, 0.2) is 18.2 Å². The van der Waals surface area contributed by atoms with Crippen LogP contribution in [0.5, 0.6) is 0 Å². The quantitative estimate of drug-likeness (QED) is 0.859. The van der Waals surface area contributed by atoms with Gasteiger partial charge >= 0.3 is 0 Å². The van der Waals surface area contributed by atoms with E-state index < -0.39 is 9.84 Å². The van der Waals surface area contributed by atoms with Gasteiger partial charge in [-0.25, -0.2) is 12.8 Å². The lowest BCUT2D eigenvalue weighted by Gasteiger charge is -2.24. The summed E-state index contributed by atoms with van der Waals surface area (Å²) < 4.78 is 37.0. The topological polar surface area (TPSA) is 61.2 Å². The van der Waals surface area contributed by atoms with Crippen molar-refractivity contribution in [2.75, 3.05) is 16.4 Å². The highest BCUT2D eigenvalue weighted by Crippen LogP contribution is 2.40. The first-order valence-electron chi connectivity index (χ1n) is 5.88. The van der Waals surface area contributed by atoms with Crippen LogP contribution in [0.25, 0.3) is 0 Å². The van der Waals surface area contributed by atoms with Gasteiger partial charge in [-0.05, 0) is 24.6 Å². The number of aryl methyl sites for hydroxylation is 1. The molecule has 1 N–H and O–H groups in total. The van der Waals surface area contributed by atoms with Crippen LogP contribution in [0.1, 0.15) is 5.56 Å². The average molecular weight is 300 g/mol. The van der Waals surface area contributed by atoms with Gasteiger partial charge in [0.05, 0.1) is 17.5 Å². The van der Waals surface area contributed by atoms with Crippen molar-refractivity contribution >= 4 is 32.5 Å². The molecule has 2 saturated heterocycles. The number of amidine groups is 1. The van der Waals surface area contributed by atoms with E-state index in [1.54, 1.807) is 24.0 Å². The van der Waals surface area contributed by atoms with Crippen molar-refractivity contribution in [2.24, 2.45) is 0 Å². The van der Waals surface area contributed by atoms with E-state index >= 15 is 0 Å². The van der Waals surface area contributed by atoms with Gasteiger partial charge < -0.3 is 4.90 Å². The number of anilines is 1. The Morgan fingerprint density at radius 1 is 1.42 bits per heavy atom. The zero-order valence-corrected chi connectivity index (χ0v) is 11.9. The largest absolute Gasteiger partial charge is 0.316 e. The second-order valence-electron chi connectivity index (χ2n) is 4.91. The smallest absolute Gasteiger partial charge is 0.161 e. The van der Waals surface area contributed by atoms with E-state index in [1.807, 2.05) is 0 Å². The van der Waals surface area contributed by atoms with Gasteiger partial charge in [0.15, 0.2) is 15.0 Å². The van der Waals surface area contributed by atoms with Crippen LogP contribution < -0.4 is 4.90 Å². The Morgan fingerprint density at radius 3 is 2.84 bits per heavy atom. The first kappa shape index (κ1) is 12.9. The van der Waals surface area contributed by atoms with Gasteiger partial charge in [0, 0.05) is 10.9 Å². The minimum absolute atomic E-state index is 0.0442. The predicted molar refractivity (Wildman–Crippen MR) is 75.2 cm³/mol. The van der Waals surface area contributed by atoms with Crippen molar-refractivity contribution in [3.63, 3.8) is 0 Å². The minimum atomic E-state index is -3.04. The van der Waals surface area contributed by atoms with Gasteiger partial charge in [-0.15, -0.1) is 0 Å². The zero-order valence-electron chi connectivity index (χ0n) is 10.3. The van der Waals surface area contributed by atoms with Crippen molar-refractivity contribution in [3.8, 4) is 0 Å². The number of sulfone groups is 1. The van der Waals surface area contributed by atoms with E-state index in [1.165, 1.54) is 17.8 Å². The summed E-state index contributed by atoms with van der Waals surface area (Å²) in [5.74, 6) is -0.183. The Balaban J connectivity index is 1.99. The molecule has 0 saturated carbocycles. The van der Waals surface area contributed by atoms with Gasteiger partial charge in [0.2, 0.25) is 0 Å². The zero-order chi connectivity index (χ0) is 13.8. The summed E-state index contributed by atoms with van der Waals surface area (Å²) in [6.45, 7) is 1.67. The second-order valence-corrected chi connectivity index (χ2v) is 8.29. The molecule has 2 aliphatic heterocycles. The Hall–Kier alpha value is -1.08. The maximum atomic E-state index is 13.6. The lowest BCUT2D eigenvalue weighted by molar-refractivity contribution is 0.601. The summed E-state index contributed by atoms with van der Waals surface area (Å²) in [6, 6.07) is 4.52. The van der Waals surface area contributed by atoms with E-state index in [0.29, 0.717) is 16.4 Å². The fourth-order valence-electron chi connectivity index (χ4n) is 2.54. The summed E-state index contributed by atoms with van der Waals surface area (Å²) in [7, 11) is -3.04. The molecule has 0 bridgehead atoms. The lowest BCUT2D eigenvalue weighted by Crippen LogP contribution is -2.37. The van der Waals surface area contributed by atoms with Crippen LogP contribution in [0.4, 0.5) is 10.1 Å². The van der Waals surface area contributed by atoms with Gasteiger partial charge in [0.1, 0.15) is 5.82 Å². The Labute approximate surface area is 115 Å². The molecule has 0 aliphatic carbocycles. The molecular weight excluding hydrogens is 287 g/mol. The van der Waals surface area contributed by atoms with Crippen molar-refractivity contribution < 1.29 is 12.8 Å². The average Bonchev–Trinajstić information content (AvgIpc) is 2.73. The van der Waals surface area contributed by atoms with E-state index in [0.717, 1.165) is 0 Å². The third-order valence-corrected chi connectivity index (χ3v) is 6.65. The van der Waals surface area contributed by atoms with Crippen molar-refractivity contribution in [2.45, 2.75) is 18.2 Å². The van der Waals surface area contributed by atoms with E-state index in [4.69, 9.17) is 5.41 Å². The predicted octanol–water partition coefficient (Wildman–Crippen LogP) is 1.79. The highest BCUT2D eigenvalue weighted by atomic mass is 32.2. The number of fused-ring (bicyclic) bond motifs is 1. The number of rotatable bonds is 1. The van der Waals surface area contributed by atoms with Gasteiger partial charge in [-0.3, -0.25) is 5.41 Å². The number of thioether (sulfide) groups is 1. The van der Waals surface area contributed by atoms with Crippen molar-refractivity contribution in [1.82, 2.24) is 0 Å². The number of hydrogen-bond acceptors (Lipinski definition) is 4. The minimum Gasteiger partial charge on any atom is -0.316 e. The normalized spacial score (nSPS) is 28.7. The molecule has 2 unspecified atom stereocenters. The Morgan fingerprint density at radius 2 is 2.16 bits per heavy atom. The summed E-state index contributed by atoms with van der Waals surface area (Å²) >= 11 is 1.26. The fraction of sp³-hybridized carbons (Fsp3) is 0.417. The lowest BCUT2D eigenvalue weighted by atomic mass is 10.1. The number of halogens is 1. The fourth-order valence-corrected chi connectivity index (χ4v) is 6.33. The highest BCUT2D eigenvalue weighted by Gasteiger charge is 2.48. The van der Waals surface area contributed by atoms with Crippen LogP contribution in [0, 0.1) is 18.2 Å². The number of nitrogens with zero attached hydrogens (tertiary/aromatic N) is 1. The third kappa shape index (κ3) is 2.14. The SMILES string of the molecule is Cc1ccc(N2C(=N)SC3CS(=O)(=O)CC32)cc1F. The number of nitrogens with one attached hydrogen (secondary N) is 1. The molecule has 1 aromatic rings. The van der Waals surface area contributed by atoms with Crippen molar-refractivity contribution in [3.05, 3.63) is 29.6 Å². The van der Waals surface area contributed by atoms with Gasteiger partial charge in [-0.2, -0.15) is 0 Å². The molecule has 2 fully saturated rings. The Kier molecular flexibility index (Phi) is 2.86. The van der Waals surface area contributed by atoms with Crippen LogP contribution >= 0.6 is 11.8 Å². The van der Waals surface area contributed by atoms with Crippen LogP contribution in [0.2, 0.25) is 0 Å². The molecule has 2 heterocycles. The van der Waals surface area contributed by atoms with Crippen molar-refractivity contribution in [1.29, 1.82) is 5.41 Å². The summed E-state index contributed by atoms with van der Waals surface area (Å²) in [6.07, 6.45) is 0. The van der Waals surface area contributed by atoms with E-state index in [-0.39, 0.29) is 28.6 Å². The molecular formula is C12H13FN2O2S2. The molecule has 7 heteroatoms. The molecule has 0 aromatic heterocycles. The molecule has 0 amide bonds. The highest BCUT2D eigenvalue weighted by molar-refractivity contribution is 8.15. The number of hydrogen-bond donors (Lipinski definition) is 1. The van der Waals surface area contributed by atoms with Crippen LogP contribution in [-0.4, -0.2) is 36.4 Å². The van der Waals surface area contributed by atoms with Crippen LogP contribution in [-0.2, 0) is 9.84 Å². The second kappa shape index (κ2) is 4.21.